The summed E-state index contributed by atoms with van der Waals surface area (Å²) in [6, 6.07) is 8.83. The van der Waals surface area contributed by atoms with Crippen molar-refractivity contribution in [1.82, 2.24) is 15.5 Å². The van der Waals surface area contributed by atoms with Gasteiger partial charge in [0.15, 0.2) is 5.82 Å². The van der Waals surface area contributed by atoms with Crippen molar-refractivity contribution in [1.29, 1.82) is 0 Å². The molecule has 0 bridgehead atoms. The van der Waals surface area contributed by atoms with Crippen molar-refractivity contribution in [3.8, 4) is 5.75 Å². The minimum absolute atomic E-state index is 0.262. The Kier molecular flexibility index (Phi) is 6.34. The van der Waals surface area contributed by atoms with Crippen LogP contribution in [-0.4, -0.2) is 43.0 Å². The standard InChI is InChI=1S/C19H24ClN5O2/c1-13-3-6-18(24-23-13)25-9-7-14(8-10-25)12-21-19(26)22-16-11-15(20)4-5-17(16)27-2/h3-6,11,14H,7-10,12H2,1-2H3,(H2,21,22,26). The maximum atomic E-state index is 12.2. The molecule has 0 saturated carbocycles. The number of hydrogen-bond acceptors (Lipinski definition) is 5. The minimum Gasteiger partial charge on any atom is -0.495 e. The van der Waals surface area contributed by atoms with Gasteiger partial charge < -0.3 is 20.3 Å². The highest BCUT2D eigenvalue weighted by Gasteiger charge is 2.21. The number of amides is 2. The van der Waals surface area contributed by atoms with E-state index in [-0.39, 0.29) is 6.03 Å². The van der Waals surface area contributed by atoms with E-state index in [1.54, 1.807) is 25.3 Å². The van der Waals surface area contributed by atoms with Crippen LogP contribution in [0, 0.1) is 12.8 Å². The average Bonchev–Trinajstić information content (AvgIpc) is 2.68. The molecule has 0 radical (unpaired) electrons. The van der Waals surface area contributed by atoms with Gasteiger partial charge >= 0.3 is 6.03 Å². The second-order valence-electron chi connectivity index (χ2n) is 6.64. The summed E-state index contributed by atoms with van der Waals surface area (Å²) in [6.07, 6.45) is 1.99. The molecule has 7 nitrogen and oxygen atoms in total. The fourth-order valence-electron chi connectivity index (χ4n) is 3.11. The number of piperidine rings is 1. The number of ether oxygens (including phenoxy) is 1. The van der Waals surface area contributed by atoms with Gasteiger partial charge in [0.1, 0.15) is 5.75 Å². The number of aromatic nitrogens is 2. The molecule has 27 heavy (non-hydrogen) atoms. The van der Waals surface area contributed by atoms with Crippen molar-refractivity contribution in [3.05, 3.63) is 41.0 Å². The van der Waals surface area contributed by atoms with Gasteiger partial charge in [0.25, 0.3) is 0 Å². The highest BCUT2D eigenvalue weighted by molar-refractivity contribution is 6.31. The third kappa shape index (κ3) is 5.23. The van der Waals surface area contributed by atoms with Crippen molar-refractivity contribution in [2.45, 2.75) is 19.8 Å². The highest BCUT2D eigenvalue weighted by Crippen LogP contribution is 2.27. The predicted molar refractivity (Wildman–Crippen MR) is 107 cm³/mol. The zero-order valence-corrected chi connectivity index (χ0v) is 16.3. The van der Waals surface area contributed by atoms with Crippen LogP contribution in [0.25, 0.3) is 0 Å². The Morgan fingerprint density at radius 3 is 2.70 bits per heavy atom. The number of nitrogens with zero attached hydrogens (tertiary/aromatic N) is 3. The van der Waals surface area contributed by atoms with E-state index in [1.165, 1.54) is 0 Å². The summed E-state index contributed by atoms with van der Waals surface area (Å²) in [5.74, 6) is 1.92. The quantitative estimate of drug-likeness (QED) is 0.818. The molecule has 0 aliphatic carbocycles. The molecule has 1 saturated heterocycles. The summed E-state index contributed by atoms with van der Waals surface area (Å²) < 4.78 is 5.24. The van der Waals surface area contributed by atoms with Crippen LogP contribution in [0.3, 0.4) is 0 Å². The van der Waals surface area contributed by atoms with Crippen LogP contribution in [0.4, 0.5) is 16.3 Å². The Hall–Kier alpha value is -2.54. The molecule has 2 heterocycles. The van der Waals surface area contributed by atoms with E-state index in [2.05, 4.69) is 25.7 Å². The van der Waals surface area contributed by atoms with Crippen LogP contribution in [0.5, 0.6) is 5.75 Å². The molecule has 0 spiro atoms. The lowest BCUT2D eigenvalue weighted by atomic mass is 9.97. The van der Waals surface area contributed by atoms with E-state index in [1.807, 2.05) is 19.1 Å². The van der Waals surface area contributed by atoms with Crippen LogP contribution < -0.4 is 20.3 Å². The van der Waals surface area contributed by atoms with Gasteiger partial charge in [-0.25, -0.2) is 4.79 Å². The Morgan fingerprint density at radius 1 is 1.26 bits per heavy atom. The Labute approximate surface area is 164 Å². The van der Waals surface area contributed by atoms with Crippen LogP contribution in [0.1, 0.15) is 18.5 Å². The van der Waals surface area contributed by atoms with E-state index in [0.717, 1.165) is 37.4 Å². The molecular formula is C19H24ClN5O2. The molecule has 2 N–H and O–H groups in total. The zero-order chi connectivity index (χ0) is 19.2. The van der Waals surface area contributed by atoms with Gasteiger partial charge in [-0.15, -0.1) is 5.10 Å². The number of halogens is 1. The average molecular weight is 390 g/mol. The normalized spacial score (nSPS) is 14.7. The summed E-state index contributed by atoms with van der Waals surface area (Å²) in [7, 11) is 1.55. The minimum atomic E-state index is -0.262. The molecule has 1 aromatic heterocycles. The number of benzene rings is 1. The predicted octanol–water partition coefficient (Wildman–Crippen LogP) is 3.49. The van der Waals surface area contributed by atoms with E-state index >= 15 is 0 Å². The molecule has 144 valence electrons. The van der Waals surface area contributed by atoms with Crippen molar-refractivity contribution in [2.75, 3.05) is 37.0 Å². The lowest BCUT2D eigenvalue weighted by Gasteiger charge is -2.32. The lowest BCUT2D eigenvalue weighted by molar-refractivity contribution is 0.248. The number of carbonyl (C=O) groups is 1. The second-order valence-corrected chi connectivity index (χ2v) is 7.08. The van der Waals surface area contributed by atoms with Gasteiger partial charge in [-0.3, -0.25) is 0 Å². The summed E-state index contributed by atoms with van der Waals surface area (Å²) in [5.41, 5.74) is 1.47. The van der Waals surface area contributed by atoms with Gasteiger partial charge in [0.05, 0.1) is 18.5 Å². The first-order valence-corrected chi connectivity index (χ1v) is 9.36. The van der Waals surface area contributed by atoms with E-state index in [4.69, 9.17) is 16.3 Å². The maximum Gasteiger partial charge on any atom is 0.319 e. The Morgan fingerprint density at radius 2 is 2.04 bits per heavy atom. The summed E-state index contributed by atoms with van der Waals surface area (Å²) in [6.45, 7) is 4.38. The number of urea groups is 1. The molecular weight excluding hydrogens is 366 g/mol. The summed E-state index contributed by atoms with van der Waals surface area (Å²) in [4.78, 5) is 14.4. The molecule has 1 fully saturated rings. The van der Waals surface area contributed by atoms with E-state index in [0.29, 0.717) is 28.9 Å². The molecule has 1 aliphatic rings. The maximum absolute atomic E-state index is 12.2. The molecule has 3 rings (SSSR count). The van der Waals surface area contributed by atoms with Crippen LogP contribution in [0.2, 0.25) is 5.02 Å². The molecule has 0 unspecified atom stereocenters. The van der Waals surface area contributed by atoms with Crippen molar-refractivity contribution >= 4 is 29.1 Å². The van der Waals surface area contributed by atoms with Crippen LogP contribution >= 0.6 is 11.6 Å². The smallest absolute Gasteiger partial charge is 0.319 e. The summed E-state index contributed by atoms with van der Waals surface area (Å²) in [5, 5.41) is 14.6. The number of rotatable bonds is 5. The number of nitrogens with one attached hydrogen (secondary N) is 2. The molecule has 1 aromatic carbocycles. The molecule has 2 amide bonds. The number of aryl methyl sites for hydroxylation is 1. The van der Waals surface area contributed by atoms with E-state index in [9.17, 15) is 4.79 Å². The fraction of sp³-hybridized carbons (Fsp3) is 0.421. The first-order valence-electron chi connectivity index (χ1n) is 8.99. The van der Waals surface area contributed by atoms with Crippen molar-refractivity contribution in [3.63, 3.8) is 0 Å². The molecule has 8 heteroatoms. The fourth-order valence-corrected chi connectivity index (χ4v) is 3.28. The van der Waals surface area contributed by atoms with Gasteiger partial charge in [-0.1, -0.05) is 11.6 Å². The number of methoxy groups -OCH3 is 1. The number of anilines is 2. The number of carbonyl (C=O) groups excluding carboxylic acids is 1. The van der Waals surface area contributed by atoms with Crippen LogP contribution in [0.15, 0.2) is 30.3 Å². The lowest BCUT2D eigenvalue weighted by Crippen LogP contribution is -2.40. The highest BCUT2D eigenvalue weighted by atomic mass is 35.5. The molecule has 0 atom stereocenters. The van der Waals surface area contributed by atoms with Crippen LogP contribution in [-0.2, 0) is 0 Å². The molecule has 1 aliphatic heterocycles. The Balaban J connectivity index is 1.45. The topological polar surface area (TPSA) is 79.4 Å². The third-order valence-electron chi connectivity index (χ3n) is 4.68. The monoisotopic (exact) mass is 389 g/mol. The molecule has 2 aromatic rings. The van der Waals surface area contributed by atoms with Gasteiger partial charge in [0.2, 0.25) is 0 Å². The first-order chi connectivity index (χ1) is 13.0. The third-order valence-corrected chi connectivity index (χ3v) is 4.92. The van der Waals surface area contributed by atoms with Crippen molar-refractivity contribution in [2.24, 2.45) is 5.92 Å². The number of hydrogen-bond donors (Lipinski definition) is 2. The first kappa shape index (κ1) is 19.2. The SMILES string of the molecule is COc1ccc(Cl)cc1NC(=O)NCC1CCN(c2ccc(C)nn2)CC1. The van der Waals surface area contributed by atoms with Crippen molar-refractivity contribution < 1.29 is 9.53 Å². The summed E-state index contributed by atoms with van der Waals surface area (Å²) >= 11 is 5.99. The van der Waals surface area contributed by atoms with Gasteiger partial charge in [0, 0.05) is 24.7 Å². The zero-order valence-electron chi connectivity index (χ0n) is 15.5. The van der Waals surface area contributed by atoms with E-state index < -0.39 is 0 Å². The van der Waals surface area contributed by atoms with Gasteiger partial charge in [-0.05, 0) is 56.0 Å². The Bertz CT molecular complexity index is 776. The van der Waals surface area contributed by atoms with Gasteiger partial charge in [-0.2, -0.15) is 5.10 Å². The second kappa shape index (κ2) is 8.90. The largest absolute Gasteiger partial charge is 0.495 e.